The zero-order chi connectivity index (χ0) is 13.2. The Bertz CT molecular complexity index is 532. The molecular formula is C13H14FN3O. The third-order valence-corrected chi connectivity index (χ3v) is 2.72. The molecule has 1 aromatic heterocycles. The molecule has 1 aromatic carbocycles. The van der Waals surface area contributed by atoms with Gasteiger partial charge in [0.15, 0.2) is 0 Å². The van der Waals surface area contributed by atoms with Crippen LogP contribution in [0.4, 0.5) is 9.18 Å². The van der Waals surface area contributed by atoms with E-state index >= 15 is 0 Å². The maximum Gasteiger partial charge on any atom is 0.327 e. The molecule has 0 aliphatic carbocycles. The minimum atomic E-state index is -0.588. The summed E-state index contributed by atoms with van der Waals surface area (Å²) in [6, 6.07) is 5.79. The lowest BCUT2D eigenvalue weighted by Crippen LogP contribution is -2.42. The van der Waals surface area contributed by atoms with Gasteiger partial charge in [-0.2, -0.15) is 0 Å². The normalized spacial score (nSPS) is 11.3. The van der Waals surface area contributed by atoms with E-state index in [9.17, 15) is 9.18 Å². The number of aromatic nitrogens is 2. The van der Waals surface area contributed by atoms with Crippen LogP contribution in [-0.2, 0) is 5.54 Å². The molecule has 1 heterocycles. The fourth-order valence-corrected chi connectivity index (χ4v) is 1.65. The highest BCUT2D eigenvalue weighted by molar-refractivity contribution is 5.77. The number of amides is 1. The van der Waals surface area contributed by atoms with Crippen LogP contribution in [0.15, 0.2) is 43.0 Å². The quantitative estimate of drug-likeness (QED) is 0.886. The molecule has 0 bridgehead atoms. The Hall–Kier alpha value is -2.17. The molecule has 5 heteroatoms. The monoisotopic (exact) mass is 247 g/mol. The van der Waals surface area contributed by atoms with E-state index in [0.717, 1.165) is 5.56 Å². The lowest BCUT2D eigenvalue weighted by atomic mass is 9.94. The topological polar surface area (TPSA) is 46.9 Å². The first-order valence-corrected chi connectivity index (χ1v) is 5.55. The van der Waals surface area contributed by atoms with Crippen molar-refractivity contribution in [1.29, 1.82) is 0 Å². The van der Waals surface area contributed by atoms with Crippen LogP contribution in [0.3, 0.4) is 0 Å². The molecule has 0 unspecified atom stereocenters. The lowest BCUT2D eigenvalue weighted by molar-refractivity contribution is 0.231. The highest BCUT2D eigenvalue weighted by Crippen LogP contribution is 2.20. The van der Waals surface area contributed by atoms with Crippen LogP contribution in [0.5, 0.6) is 0 Å². The van der Waals surface area contributed by atoms with E-state index in [1.54, 1.807) is 18.3 Å². The van der Waals surface area contributed by atoms with Crippen LogP contribution in [-0.4, -0.2) is 15.6 Å². The summed E-state index contributed by atoms with van der Waals surface area (Å²) >= 11 is 0. The van der Waals surface area contributed by atoms with Gasteiger partial charge in [-0.1, -0.05) is 12.1 Å². The first-order valence-electron chi connectivity index (χ1n) is 5.55. The predicted octanol–water partition coefficient (Wildman–Crippen LogP) is 2.52. The van der Waals surface area contributed by atoms with Gasteiger partial charge in [0, 0.05) is 12.4 Å². The SMILES string of the molecule is CC(C)(NC(=O)n1ccnc1)c1ccc(F)cc1. The van der Waals surface area contributed by atoms with Gasteiger partial charge in [0.2, 0.25) is 0 Å². The summed E-state index contributed by atoms with van der Waals surface area (Å²) in [6.45, 7) is 3.71. The average molecular weight is 247 g/mol. The van der Waals surface area contributed by atoms with Gasteiger partial charge in [0.25, 0.3) is 0 Å². The maximum atomic E-state index is 12.9. The van der Waals surface area contributed by atoms with Gasteiger partial charge in [-0.25, -0.2) is 14.2 Å². The van der Waals surface area contributed by atoms with E-state index in [1.165, 1.54) is 29.2 Å². The van der Waals surface area contributed by atoms with Crippen LogP contribution in [0.1, 0.15) is 19.4 Å². The predicted molar refractivity (Wildman–Crippen MR) is 65.6 cm³/mol. The third-order valence-electron chi connectivity index (χ3n) is 2.72. The van der Waals surface area contributed by atoms with E-state index in [4.69, 9.17) is 0 Å². The molecule has 0 spiro atoms. The van der Waals surface area contributed by atoms with E-state index < -0.39 is 5.54 Å². The number of halogens is 1. The molecule has 1 amide bonds. The van der Waals surface area contributed by atoms with Crippen LogP contribution in [0.25, 0.3) is 0 Å². The fraction of sp³-hybridized carbons (Fsp3) is 0.231. The zero-order valence-corrected chi connectivity index (χ0v) is 10.2. The van der Waals surface area contributed by atoms with Crippen molar-refractivity contribution < 1.29 is 9.18 Å². The van der Waals surface area contributed by atoms with Crippen molar-refractivity contribution in [1.82, 2.24) is 14.9 Å². The van der Waals surface area contributed by atoms with Crippen molar-refractivity contribution in [3.8, 4) is 0 Å². The number of carbonyl (C=O) groups excluding carboxylic acids is 1. The van der Waals surface area contributed by atoms with Crippen LogP contribution >= 0.6 is 0 Å². The molecule has 0 atom stereocenters. The Morgan fingerprint density at radius 2 is 2.00 bits per heavy atom. The molecule has 2 aromatic rings. The van der Waals surface area contributed by atoms with Crippen molar-refractivity contribution in [2.45, 2.75) is 19.4 Å². The van der Waals surface area contributed by atoms with Gasteiger partial charge >= 0.3 is 6.03 Å². The van der Waals surface area contributed by atoms with Crippen molar-refractivity contribution >= 4 is 6.03 Å². The Balaban J connectivity index is 2.16. The number of carbonyl (C=O) groups is 1. The fourth-order valence-electron chi connectivity index (χ4n) is 1.65. The van der Waals surface area contributed by atoms with Gasteiger partial charge in [-0.15, -0.1) is 0 Å². The number of nitrogens with one attached hydrogen (secondary N) is 1. The lowest BCUT2D eigenvalue weighted by Gasteiger charge is -2.26. The second-order valence-electron chi connectivity index (χ2n) is 4.53. The van der Waals surface area contributed by atoms with Gasteiger partial charge in [-0.3, -0.25) is 4.57 Å². The summed E-state index contributed by atoms with van der Waals surface area (Å²) in [7, 11) is 0. The molecule has 4 nitrogen and oxygen atoms in total. The first-order chi connectivity index (χ1) is 8.49. The van der Waals surface area contributed by atoms with Crippen LogP contribution < -0.4 is 5.32 Å². The molecule has 0 aliphatic rings. The van der Waals surface area contributed by atoms with Crippen LogP contribution in [0, 0.1) is 5.82 Å². The second kappa shape index (κ2) is 4.60. The smallest absolute Gasteiger partial charge is 0.327 e. The largest absolute Gasteiger partial charge is 0.328 e. The summed E-state index contributed by atoms with van der Waals surface area (Å²) in [4.78, 5) is 15.7. The minimum absolute atomic E-state index is 0.276. The number of rotatable bonds is 2. The summed E-state index contributed by atoms with van der Waals surface area (Å²) in [5.74, 6) is -0.296. The van der Waals surface area contributed by atoms with Crippen molar-refractivity contribution in [3.05, 3.63) is 54.4 Å². The van der Waals surface area contributed by atoms with Gasteiger partial charge in [0.05, 0.1) is 5.54 Å². The standard InChI is InChI=1S/C13H14FN3O/c1-13(2,10-3-5-11(14)6-4-10)16-12(18)17-8-7-15-9-17/h3-9H,1-2H3,(H,16,18). The molecule has 0 saturated carbocycles. The number of hydrogen-bond acceptors (Lipinski definition) is 2. The Labute approximate surface area is 104 Å². The Kier molecular flexibility index (Phi) is 3.14. The maximum absolute atomic E-state index is 12.9. The highest BCUT2D eigenvalue weighted by Gasteiger charge is 2.23. The molecular weight excluding hydrogens is 233 g/mol. The van der Waals surface area contributed by atoms with Gasteiger partial charge in [0.1, 0.15) is 12.1 Å². The average Bonchev–Trinajstić information content (AvgIpc) is 2.82. The zero-order valence-electron chi connectivity index (χ0n) is 10.2. The molecule has 0 radical (unpaired) electrons. The molecule has 0 aliphatic heterocycles. The summed E-state index contributed by atoms with van der Waals surface area (Å²) in [5, 5.41) is 2.86. The van der Waals surface area contributed by atoms with Crippen molar-refractivity contribution in [2.24, 2.45) is 0 Å². The number of nitrogens with zero attached hydrogens (tertiary/aromatic N) is 2. The van der Waals surface area contributed by atoms with Gasteiger partial charge in [-0.05, 0) is 31.5 Å². The molecule has 1 N–H and O–H groups in total. The third kappa shape index (κ3) is 2.56. The number of benzene rings is 1. The van der Waals surface area contributed by atoms with Gasteiger partial charge < -0.3 is 5.32 Å². The molecule has 94 valence electrons. The molecule has 0 saturated heterocycles. The number of hydrogen-bond donors (Lipinski definition) is 1. The highest BCUT2D eigenvalue weighted by atomic mass is 19.1. The molecule has 0 fully saturated rings. The summed E-state index contributed by atoms with van der Waals surface area (Å²) in [5.41, 5.74) is 0.243. The van der Waals surface area contributed by atoms with E-state index in [-0.39, 0.29) is 11.8 Å². The van der Waals surface area contributed by atoms with E-state index in [0.29, 0.717) is 0 Å². The van der Waals surface area contributed by atoms with Crippen molar-refractivity contribution in [2.75, 3.05) is 0 Å². The van der Waals surface area contributed by atoms with E-state index in [1.807, 2.05) is 13.8 Å². The molecule has 18 heavy (non-hydrogen) atoms. The first kappa shape index (κ1) is 12.3. The summed E-state index contributed by atoms with van der Waals surface area (Å²) < 4.78 is 14.2. The Morgan fingerprint density at radius 3 is 2.56 bits per heavy atom. The Morgan fingerprint density at radius 1 is 1.33 bits per heavy atom. The second-order valence-corrected chi connectivity index (χ2v) is 4.53. The number of imidazole rings is 1. The van der Waals surface area contributed by atoms with E-state index in [2.05, 4.69) is 10.3 Å². The van der Waals surface area contributed by atoms with Crippen LogP contribution in [0.2, 0.25) is 0 Å². The minimum Gasteiger partial charge on any atom is -0.328 e. The summed E-state index contributed by atoms with van der Waals surface area (Å²) in [6.07, 6.45) is 4.52. The van der Waals surface area contributed by atoms with Crippen molar-refractivity contribution in [3.63, 3.8) is 0 Å². The molecule has 2 rings (SSSR count).